The number of rotatable bonds is 5. The molecule has 0 radical (unpaired) electrons. The van der Waals surface area contributed by atoms with Crippen LogP contribution in [0, 0.1) is 0 Å². The Bertz CT molecular complexity index is 562. The normalized spacial score (nSPS) is 13.8. The topological polar surface area (TPSA) is 48.1 Å². The molecule has 0 aliphatic rings. The molecule has 2 N–H and O–H groups in total. The Morgan fingerprint density at radius 3 is 2.80 bits per heavy atom. The standard InChI is InChI=1S/C15H16BrClN2O/c1-10(20-14-4-2-3-12(17)7-14)15(18)8-13-6-5-11(16)9-19-13/h2-7,9-10,15H,8,18H2,1H3. The van der Waals surface area contributed by atoms with Crippen molar-refractivity contribution in [2.45, 2.75) is 25.5 Å². The van der Waals surface area contributed by atoms with E-state index in [0.717, 1.165) is 15.9 Å². The zero-order valence-electron chi connectivity index (χ0n) is 11.1. The second-order valence-corrected chi connectivity index (χ2v) is 5.97. The maximum atomic E-state index is 6.16. The van der Waals surface area contributed by atoms with Crippen LogP contribution >= 0.6 is 27.5 Å². The van der Waals surface area contributed by atoms with E-state index in [0.29, 0.717) is 11.4 Å². The summed E-state index contributed by atoms with van der Waals surface area (Å²) in [4.78, 5) is 4.32. The number of pyridine rings is 1. The van der Waals surface area contributed by atoms with Crippen LogP contribution in [0.1, 0.15) is 12.6 Å². The van der Waals surface area contributed by atoms with E-state index < -0.39 is 0 Å². The molecule has 2 atom stereocenters. The van der Waals surface area contributed by atoms with Gasteiger partial charge in [-0.3, -0.25) is 4.98 Å². The molecule has 2 rings (SSSR count). The van der Waals surface area contributed by atoms with Crippen molar-refractivity contribution < 1.29 is 4.74 Å². The molecule has 0 saturated heterocycles. The summed E-state index contributed by atoms with van der Waals surface area (Å²) in [6.45, 7) is 1.95. The van der Waals surface area contributed by atoms with Crippen LogP contribution in [0.2, 0.25) is 5.02 Å². The number of hydrogen-bond acceptors (Lipinski definition) is 3. The van der Waals surface area contributed by atoms with Gasteiger partial charge < -0.3 is 10.5 Å². The summed E-state index contributed by atoms with van der Waals surface area (Å²) in [6, 6.07) is 11.1. The number of hydrogen-bond donors (Lipinski definition) is 1. The van der Waals surface area contributed by atoms with Gasteiger partial charge >= 0.3 is 0 Å². The van der Waals surface area contributed by atoms with E-state index in [1.807, 2.05) is 37.3 Å². The van der Waals surface area contributed by atoms with Gasteiger partial charge in [0, 0.05) is 33.8 Å². The van der Waals surface area contributed by atoms with Gasteiger partial charge in [-0.15, -0.1) is 0 Å². The molecule has 2 aromatic rings. The predicted octanol–water partition coefficient (Wildman–Crippen LogP) is 3.83. The molecular formula is C15H16BrClN2O. The summed E-state index contributed by atoms with van der Waals surface area (Å²) in [5, 5.41) is 0.651. The van der Waals surface area contributed by atoms with E-state index in [1.165, 1.54) is 0 Å². The van der Waals surface area contributed by atoms with Crippen molar-refractivity contribution in [3.63, 3.8) is 0 Å². The Morgan fingerprint density at radius 2 is 2.15 bits per heavy atom. The fraction of sp³-hybridized carbons (Fsp3) is 0.267. The summed E-state index contributed by atoms with van der Waals surface area (Å²) in [5.74, 6) is 0.726. The molecule has 3 nitrogen and oxygen atoms in total. The minimum Gasteiger partial charge on any atom is -0.489 e. The lowest BCUT2D eigenvalue weighted by Gasteiger charge is -2.21. The monoisotopic (exact) mass is 354 g/mol. The molecule has 0 amide bonds. The molecule has 5 heteroatoms. The third-order valence-electron chi connectivity index (χ3n) is 2.95. The molecule has 0 saturated carbocycles. The van der Waals surface area contributed by atoms with Crippen LogP contribution in [0.4, 0.5) is 0 Å². The van der Waals surface area contributed by atoms with Crippen LogP contribution < -0.4 is 10.5 Å². The average molecular weight is 356 g/mol. The van der Waals surface area contributed by atoms with Crippen molar-refractivity contribution in [1.29, 1.82) is 0 Å². The number of halogens is 2. The zero-order valence-corrected chi connectivity index (χ0v) is 13.4. The van der Waals surface area contributed by atoms with Gasteiger partial charge in [-0.2, -0.15) is 0 Å². The third-order valence-corrected chi connectivity index (χ3v) is 3.66. The highest BCUT2D eigenvalue weighted by molar-refractivity contribution is 9.10. The predicted molar refractivity (Wildman–Crippen MR) is 85.2 cm³/mol. The summed E-state index contributed by atoms with van der Waals surface area (Å²) in [5.41, 5.74) is 7.11. The molecular weight excluding hydrogens is 340 g/mol. The summed E-state index contributed by atoms with van der Waals surface area (Å²) in [6.07, 6.45) is 2.30. The highest BCUT2D eigenvalue weighted by atomic mass is 79.9. The van der Waals surface area contributed by atoms with E-state index >= 15 is 0 Å². The van der Waals surface area contributed by atoms with Gasteiger partial charge in [-0.05, 0) is 53.2 Å². The molecule has 0 aliphatic heterocycles. The van der Waals surface area contributed by atoms with Crippen molar-refractivity contribution in [3.8, 4) is 5.75 Å². The highest BCUT2D eigenvalue weighted by Crippen LogP contribution is 2.19. The first-order valence-corrected chi connectivity index (χ1v) is 7.50. The van der Waals surface area contributed by atoms with Crippen LogP contribution in [0.5, 0.6) is 5.75 Å². The van der Waals surface area contributed by atoms with Gasteiger partial charge in [-0.25, -0.2) is 0 Å². The van der Waals surface area contributed by atoms with Gasteiger partial charge in [0.1, 0.15) is 11.9 Å². The summed E-state index contributed by atoms with van der Waals surface area (Å²) < 4.78 is 6.76. The van der Waals surface area contributed by atoms with Gasteiger partial charge in [0.25, 0.3) is 0 Å². The van der Waals surface area contributed by atoms with E-state index in [-0.39, 0.29) is 12.1 Å². The molecule has 2 unspecified atom stereocenters. The van der Waals surface area contributed by atoms with Crippen LogP contribution in [0.25, 0.3) is 0 Å². The Labute approximate surface area is 132 Å². The van der Waals surface area contributed by atoms with E-state index in [2.05, 4.69) is 20.9 Å². The van der Waals surface area contributed by atoms with Gasteiger partial charge in [0.2, 0.25) is 0 Å². The molecule has 1 aromatic carbocycles. The van der Waals surface area contributed by atoms with E-state index in [1.54, 1.807) is 12.3 Å². The first kappa shape index (κ1) is 15.3. The Balaban J connectivity index is 1.94. The van der Waals surface area contributed by atoms with Crippen molar-refractivity contribution in [2.24, 2.45) is 5.73 Å². The molecule has 0 fully saturated rings. The Hall–Kier alpha value is -1.10. The highest BCUT2D eigenvalue weighted by Gasteiger charge is 2.15. The first-order chi connectivity index (χ1) is 9.54. The third kappa shape index (κ3) is 4.47. The SMILES string of the molecule is CC(Oc1cccc(Cl)c1)C(N)Cc1ccc(Br)cn1. The number of nitrogens with two attached hydrogens (primary N) is 1. The molecule has 20 heavy (non-hydrogen) atoms. The van der Waals surface area contributed by atoms with Crippen LogP contribution in [-0.4, -0.2) is 17.1 Å². The molecule has 0 bridgehead atoms. The second-order valence-electron chi connectivity index (χ2n) is 4.62. The van der Waals surface area contributed by atoms with Gasteiger partial charge in [-0.1, -0.05) is 17.7 Å². The van der Waals surface area contributed by atoms with Crippen LogP contribution in [-0.2, 0) is 6.42 Å². The van der Waals surface area contributed by atoms with E-state index in [9.17, 15) is 0 Å². The van der Waals surface area contributed by atoms with E-state index in [4.69, 9.17) is 22.1 Å². The lowest BCUT2D eigenvalue weighted by atomic mass is 10.1. The average Bonchev–Trinajstić information content (AvgIpc) is 2.41. The molecule has 1 aromatic heterocycles. The van der Waals surface area contributed by atoms with Crippen molar-refractivity contribution in [2.75, 3.05) is 0 Å². The Kier molecular flexibility index (Phi) is 5.40. The fourth-order valence-corrected chi connectivity index (χ4v) is 2.19. The zero-order chi connectivity index (χ0) is 14.5. The smallest absolute Gasteiger partial charge is 0.121 e. The molecule has 106 valence electrons. The fourth-order valence-electron chi connectivity index (χ4n) is 1.78. The number of aromatic nitrogens is 1. The minimum atomic E-state index is -0.136. The van der Waals surface area contributed by atoms with Gasteiger partial charge in [0.15, 0.2) is 0 Å². The number of benzene rings is 1. The lowest BCUT2D eigenvalue weighted by Crippen LogP contribution is -2.38. The lowest BCUT2D eigenvalue weighted by molar-refractivity contribution is 0.188. The summed E-state index contributed by atoms with van der Waals surface area (Å²) >= 11 is 9.29. The number of nitrogens with zero attached hydrogens (tertiary/aromatic N) is 1. The van der Waals surface area contributed by atoms with Crippen LogP contribution in [0.15, 0.2) is 47.1 Å². The minimum absolute atomic E-state index is 0.126. The number of ether oxygens (including phenoxy) is 1. The summed E-state index contributed by atoms with van der Waals surface area (Å²) in [7, 11) is 0. The largest absolute Gasteiger partial charge is 0.489 e. The first-order valence-electron chi connectivity index (χ1n) is 6.33. The van der Waals surface area contributed by atoms with Gasteiger partial charge in [0.05, 0.1) is 0 Å². The van der Waals surface area contributed by atoms with Crippen molar-refractivity contribution in [1.82, 2.24) is 4.98 Å². The van der Waals surface area contributed by atoms with Crippen molar-refractivity contribution in [3.05, 3.63) is 57.8 Å². The molecule has 0 aliphatic carbocycles. The van der Waals surface area contributed by atoms with Crippen molar-refractivity contribution >= 4 is 27.5 Å². The van der Waals surface area contributed by atoms with Crippen LogP contribution in [0.3, 0.4) is 0 Å². The maximum Gasteiger partial charge on any atom is 0.121 e. The quantitative estimate of drug-likeness (QED) is 0.886. The molecule has 0 spiro atoms. The molecule has 1 heterocycles. The maximum absolute atomic E-state index is 6.16. The second kappa shape index (κ2) is 7.07. The Morgan fingerprint density at radius 1 is 1.35 bits per heavy atom.